The molecule has 0 aromatic rings. The van der Waals surface area contributed by atoms with Crippen LogP contribution < -0.4 is 5.11 Å². The summed E-state index contributed by atoms with van der Waals surface area (Å²) in [7, 11) is 0. The number of alkyl halides is 2. The van der Waals surface area contributed by atoms with E-state index in [1.165, 1.54) is 0 Å². The number of carbonyl (C=O) groups excluding carboxylic acids is 1. The first-order chi connectivity index (χ1) is 4.00. The summed E-state index contributed by atoms with van der Waals surface area (Å²) in [5, 5.41) is 9.30. The van der Waals surface area contributed by atoms with Crippen LogP contribution in [0.4, 0.5) is 13.3 Å². The van der Waals surface area contributed by atoms with Crippen molar-refractivity contribution < 1.29 is 28.1 Å². The quantitative estimate of drug-likeness (QED) is 0.523. The van der Waals surface area contributed by atoms with Crippen LogP contribution in [0, 0.1) is 0 Å². The Bertz CT molecular complexity index is 113. The van der Waals surface area contributed by atoms with Crippen molar-refractivity contribution in [1.82, 2.24) is 0 Å². The fourth-order valence-corrected chi connectivity index (χ4v) is 0.127. The van der Waals surface area contributed by atoms with Crippen LogP contribution in [0.2, 0.25) is 0 Å². The van der Waals surface area contributed by atoms with Crippen LogP contribution in [-0.4, -0.2) is 18.5 Å². The zero-order chi connectivity index (χ0) is 7.49. The summed E-state index contributed by atoms with van der Waals surface area (Å²) in [4.78, 5) is 11.7. The third kappa shape index (κ3) is 2.31. The van der Waals surface area contributed by atoms with Gasteiger partial charge in [0.25, 0.3) is 0 Å². The molecular weight excluding hydrogens is 141 g/mol. The molecule has 0 atom stereocenters. The van der Waals surface area contributed by atoms with Crippen LogP contribution >= 0.6 is 0 Å². The van der Waals surface area contributed by atoms with Crippen molar-refractivity contribution in [2.45, 2.75) is 5.92 Å². The molecule has 0 spiro atoms. The molecule has 0 aliphatic carbocycles. The largest absolute Gasteiger partial charge is 0.544 e. The standard InChI is InChI=1S/C3H3F3O3/c4-3(5,1-9-6)2(7)8/h1H2,(H,7,8)/p-1. The van der Waals surface area contributed by atoms with E-state index in [4.69, 9.17) is 0 Å². The third-order valence-corrected chi connectivity index (χ3v) is 0.534. The molecule has 0 amide bonds. The van der Waals surface area contributed by atoms with Gasteiger partial charge < -0.3 is 9.90 Å². The lowest BCUT2D eigenvalue weighted by Crippen LogP contribution is -2.44. The average molecular weight is 143 g/mol. The highest BCUT2D eigenvalue weighted by atomic mass is 19.3. The van der Waals surface area contributed by atoms with Crippen molar-refractivity contribution in [2.24, 2.45) is 0 Å². The second kappa shape index (κ2) is 2.67. The Morgan fingerprint density at radius 1 is 1.67 bits per heavy atom. The summed E-state index contributed by atoms with van der Waals surface area (Å²) in [6.45, 7) is -1.81. The Balaban J connectivity index is 3.85. The van der Waals surface area contributed by atoms with Crippen LogP contribution in [0.15, 0.2) is 0 Å². The molecular formula is C3H2F3O3-. The average Bonchev–Trinajstić information content (AvgIpc) is 1.65. The summed E-state index contributed by atoms with van der Waals surface area (Å²) < 4.78 is 33.6. The number of halogens is 3. The molecule has 0 aliphatic heterocycles. The molecule has 3 nitrogen and oxygen atoms in total. The fourth-order valence-electron chi connectivity index (χ4n) is 0.127. The van der Waals surface area contributed by atoms with Crippen LogP contribution in [-0.2, 0) is 9.74 Å². The summed E-state index contributed by atoms with van der Waals surface area (Å²) in [5.74, 6) is -6.89. The van der Waals surface area contributed by atoms with E-state index >= 15 is 0 Å². The molecule has 0 saturated carbocycles. The fraction of sp³-hybridized carbons (Fsp3) is 0.667. The SMILES string of the molecule is O=C([O-])C(F)(F)COF. The van der Waals surface area contributed by atoms with Gasteiger partial charge in [-0.1, -0.05) is 0 Å². The first-order valence-electron chi connectivity index (χ1n) is 1.83. The maximum atomic E-state index is 11.5. The van der Waals surface area contributed by atoms with E-state index in [2.05, 4.69) is 4.94 Å². The van der Waals surface area contributed by atoms with Crippen molar-refractivity contribution in [3.63, 3.8) is 0 Å². The minimum atomic E-state index is -4.24. The van der Waals surface area contributed by atoms with Gasteiger partial charge in [-0.25, -0.2) is 0 Å². The lowest BCUT2D eigenvalue weighted by atomic mass is 10.4. The van der Waals surface area contributed by atoms with Gasteiger partial charge in [-0.2, -0.15) is 13.7 Å². The number of carbonyl (C=O) groups is 1. The lowest BCUT2D eigenvalue weighted by Gasteiger charge is -2.12. The van der Waals surface area contributed by atoms with E-state index in [1.807, 2.05) is 0 Å². The van der Waals surface area contributed by atoms with E-state index in [9.17, 15) is 23.2 Å². The highest BCUT2D eigenvalue weighted by molar-refractivity contribution is 5.73. The molecule has 0 aromatic heterocycles. The molecule has 0 aromatic carbocycles. The second-order valence-electron chi connectivity index (χ2n) is 1.25. The molecule has 54 valence electrons. The minimum absolute atomic E-state index is 1.81. The minimum Gasteiger partial charge on any atom is -0.544 e. The van der Waals surface area contributed by atoms with Crippen LogP contribution in [0.5, 0.6) is 0 Å². The molecule has 0 heterocycles. The van der Waals surface area contributed by atoms with E-state index in [1.54, 1.807) is 0 Å². The molecule has 0 fully saturated rings. The number of carboxylic acids is 1. The van der Waals surface area contributed by atoms with Gasteiger partial charge in [-0.3, -0.25) is 0 Å². The predicted molar refractivity (Wildman–Crippen MR) is 17.0 cm³/mol. The van der Waals surface area contributed by atoms with E-state index < -0.39 is 18.5 Å². The maximum absolute atomic E-state index is 11.5. The number of carboxylic acid groups (broad SMARTS) is 1. The second-order valence-corrected chi connectivity index (χ2v) is 1.25. The predicted octanol–water partition coefficient (Wildman–Crippen LogP) is -0.727. The zero-order valence-electron chi connectivity index (χ0n) is 4.07. The smallest absolute Gasteiger partial charge is 0.313 e. The third-order valence-electron chi connectivity index (χ3n) is 0.534. The summed E-state index contributed by atoms with van der Waals surface area (Å²) in [5.41, 5.74) is 0. The van der Waals surface area contributed by atoms with Gasteiger partial charge in [-0.05, 0) is 4.53 Å². The Kier molecular flexibility index (Phi) is 2.44. The first-order valence-corrected chi connectivity index (χ1v) is 1.83. The van der Waals surface area contributed by atoms with Gasteiger partial charge in [0.15, 0.2) is 6.61 Å². The maximum Gasteiger partial charge on any atom is 0.313 e. The highest BCUT2D eigenvalue weighted by Crippen LogP contribution is 2.11. The number of hydrogen-bond acceptors (Lipinski definition) is 3. The molecule has 6 heteroatoms. The van der Waals surface area contributed by atoms with Crippen molar-refractivity contribution in [3.8, 4) is 0 Å². The summed E-state index contributed by atoms with van der Waals surface area (Å²) >= 11 is 0. The van der Waals surface area contributed by atoms with Crippen LogP contribution in [0.3, 0.4) is 0 Å². The van der Waals surface area contributed by atoms with Crippen molar-refractivity contribution in [2.75, 3.05) is 6.61 Å². The van der Waals surface area contributed by atoms with E-state index in [0.717, 1.165) is 0 Å². The number of aliphatic carboxylic acids is 1. The molecule has 0 rings (SSSR count). The van der Waals surface area contributed by atoms with Crippen LogP contribution in [0.1, 0.15) is 0 Å². The molecule has 0 saturated heterocycles. The topological polar surface area (TPSA) is 49.4 Å². The highest BCUT2D eigenvalue weighted by Gasteiger charge is 2.31. The molecule has 0 N–H and O–H groups in total. The van der Waals surface area contributed by atoms with Crippen molar-refractivity contribution >= 4 is 5.97 Å². The van der Waals surface area contributed by atoms with Crippen molar-refractivity contribution in [3.05, 3.63) is 0 Å². The number of rotatable bonds is 3. The van der Waals surface area contributed by atoms with Crippen molar-refractivity contribution in [1.29, 1.82) is 0 Å². The van der Waals surface area contributed by atoms with Gasteiger partial charge >= 0.3 is 5.92 Å². The van der Waals surface area contributed by atoms with Gasteiger partial charge in [0, 0.05) is 0 Å². The molecule has 9 heavy (non-hydrogen) atoms. The van der Waals surface area contributed by atoms with E-state index in [-0.39, 0.29) is 0 Å². The van der Waals surface area contributed by atoms with Gasteiger partial charge in [0.1, 0.15) is 5.97 Å². The lowest BCUT2D eigenvalue weighted by molar-refractivity contribution is -0.337. The normalized spacial score (nSPS) is 11.4. The Morgan fingerprint density at radius 2 is 2.11 bits per heavy atom. The molecule has 0 bridgehead atoms. The first kappa shape index (κ1) is 8.22. The number of hydrogen-bond donors (Lipinski definition) is 0. The Morgan fingerprint density at radius 3 is 2.22 bits per heavy atom. The van der Waals surface area contributed by atoms with Gasteiger partial charge in [0.2, 0.25) is 0 Å². The molecule has 0 radical (unpaired) electrons. The molecule has 0 aliphatic rings. The van der Waals surface area contributed by atoms with E-state index in [0.29, 0.717) is 0 Å². The summed E-state index contributed by atoms with van der Waals surface area (Å²) in [6, 6.07) is 0. The van der Waals surface area contributed by atoms with Gasteiger partial charge in [-0.15, -0.1) is 0 Å². The molecule has 0 unspecified atom stereocenters. The van der Waals surface area contributed by atoms with Gasteiger partial charge in [0.05, 0.1) is 0 Å². The Labute approximate surface area is 47.9 Å². The summed E-state index contributed by atoms with van der Waals surface area (Å²) in [6.07, 6.45) is 0. The zero-order valence-corrected chi connectivity index (χ0v) is 4.07. The Hall–Kier alpha value is -0.780. The van der Waals surface area contributed by atoms with Crippen LogP contribution in [0.25, 0.3) is 0 Å². The monoisotopic (exact) mass is 143 g/mol.